The number of benzene rings is 1. The lowest BCUT2D eigenvalue weighted by molar-refractivity contribution is -0.345. The van der Waals surface area contributed by atoms with Crippen LogP contribution in [-0.2, 0) is 33.3 Å². The standard InChI is InChI=1S/C33H42O11/c1-16(2)42-29(39)23-24-17(3)20(35)14-33(40,30(24,5)6)27(43-28(38)19-11-9-8-10-12-19)25-31(7,26(23)37)21(36)13-22-32(25,15-41-22)44-18(4)34/h8-12,16,20-23,25,27,35-36,40H,13-15H2,1-7H3/t20-,21-,22?,23+,25?,27-,31+,32-,33-/m0/s1. The van der Waals surface area contributed by atoms with Crippen molar-refractivity contribution in [3.8, 4) is 0 Å². The summed E-state index contributed by atoms with van der Waals surface area (Å²) < 4.78 is 23.6. The fourth-order valence-corrected chi connectivity index (χ4v) is 8.23. The highest BCUT2D eigenvalue weighted by Crippen LogP contribution is 2.65. The van der Waals surface area contributed by atoms with E-state index >= 15 is 4.79 Å². The van der Waals surface area contributed by atoms with Gasteiger partial charge in [0, 0.05) is 25.2 Å². The van der Waals surface area contributed by atoms with Gasteiger partial charge in [0.1, 0.15) is 23.7 Å². The molecule has 0 spiro atoms. The van der Waals surface area contributed by atoms with Gasteiger partial charge in [0.25, 0.3) is 0 Å². The highest BCUT2D eigenvalue weighted by atomic mass is 16.6. The molecule has 9 atom stereocenters. The zero-order valence-electron chi connectivity index (χ0n) is 26.2. The average molecular weight is 615 g/mol. The van der Waals surface area contributed by atoms with Gasteiger partial charge in [0.15, 0.2) is 11.4 Å². The van der Waals surface area contributed by atoms with Crippen molar-refractivity contribution in [3.05, 3.63) is 47.0 Å². The Bertz CT molecular complexity index is 1400. The summed E-state index contributed by atoms with van der Waals surface area (Å²) in [6, 6.07) is 8.06. The van der Waals surface area contributed by atoms with Crippen molar-refractivity contribution in [2.24, 2.45) is 22.7 Å². The van der Waals surface area contributed by atoms with Crippen molar-refractivity contribution in [1.29, 1.82) is 0 Å². The lowest BCUT2D eigenvalue weighted by Gasteiger charge is -2.67. The molecule has 1 heterocycles. The predicted molar refractivity (Wildman–Crippen MR) is 154 cm³/mol. The van der Waals surface area contributed by atoms with Crippen LogP contribution < -0.4 is 0 Å². The summed E-state index contributed by atoms with van der Waals surface area (Å²) in [5, 5.41) is 36.2. The maximum Gasteiger partial charge on any atom is 0.338 e. The molecule has 2 saturated carbocycles. The zero-order valence-corrected chi connectivity index (χ0v) is 26.2. The Kier molecular flexibility index (Phi) is 7.89. The van der Waals surface area contributed by atoms with Gasteiger partial charge in [-0.3, -0.25) is 14.4 Å². The second-order valence-corrected chi connectivity index (χ2v) is 13.7. The van der Waals surface area contributed by atoms with Crippen molar-refractivity contribution in [2.75, 3.05) is 6.61 Å². The molecule has 44 heavy (non-hydrogen) atoms. The van der Waals surface area contributed by atoms with Crippen LogP contribution in [0.1, 0.15) is 71.7 Å². The van der Waals surface area contributed by atoms with E-state index in [2.05, 4.69) is 0 Å². The number of carbonyl (C=O) groups is 4. The molecule has 11 nitrogen and oxygen atoms in total. The van der Waals surface area contributed by atoms with Crippen LogP contribution in [0.25, 0.3) is 0 Å². The number of ketones is 1. The summed E-state index contributed by atoms with van der Waals surface area (Å²) in [4.78, 5) is 55.4. The molecule has 2 bridgehead atoms. The molecule has 5 rings (SSSR count). The highest BCUT2D eigenvalue weighted by molar-refractivity contribution is 6.06. The van der Waals surface area contributed by atoms with Gasteiger partial charge in [-0.25, -0.2) is 4.79 Å². The van der Waals surface area contributed by atoms with Gasteiger partial charge >= 0.3 is 17.9 Å². The number of fused-ring (bicyclic) bond motifs is 5. The number of aliphatic hydroxyl groups is 3. The van der Waals surface area contributed by atoms with Crippen molar-refractivity contribution >= 4 is 23.7 Å². The molecular formula is C33H42O11. The summed E-state index contributed by atoms with van der Waals surface area (Å²) in [5.74, 6) is -6.22. The first-order chi connectivity index (χ1) is 20.4. The van der Waals surface area contributed by atoms with Crippen LogP contribution in [0.3, 0.4) is 0 Å². The first-order valence-electron chi connectivity index (χ1n) is 15.0. The van der Waals surface area contributed by atoms with E-state index < -0.39 is 88.1 Å². The number of rotatable bonds is 5. The second-order valence-electron chi connectivity index (χ2n) is 13.7. The van der Waals surface area contributed by atoms with Gasteiger partial charge in [-0.15, -0.1) is 0 Å². The first-order valence-corrected chi connectivity index (χ1v) is 15.0. The number of hydrogen-bond donors (Lipinski definition) is 3. The number of esters is 3. The van der Waals surface area contributed by atoms with E-state index in [4.69, 9.17) is 18.9 Å². The molecule has 3 fully saturated rings. The molecule has 1 saturated heterocycles. The topological polar surface area (TPSA) is 166 Å². The third kappa shape index (κ3) is 4.46. The minimum absolute atomic E-state index is 0.125. The summed E-state index contributed by atoms with van der Waals surface area (Å²) in [6.07, 6.45) is -6.39. The Hall–Kier alpha value is -3.12. The maximum atomic E-state index is 15.1. The monoisotopic (exact) mass is 614 g/mol. The van der Waals surface area contributed by atoms with Crippen LogP contribution in [0, 0.1) is 22.7 Å². The van der Waals surface area contributed by atoms with E-state index in [1.165, 1.54) is 26.0 Å². The highest BCUT2D eigenvalue weighted by Gasteiger charge is 2.78. The number of hydrogen-bond acceptors (Lipinski definition) is 11. The van der Waals surface area contributed by atoms with E-state index in [1.54, 1.807) is 52.8 Å². The minimum atomic E-state index is -2.14. The van der Waals surface area contributed by atoms with Crippen molar-refractivity contribution in [2.45, 2.75) is 103 Å². The smallest absolute Gasteiger partial charge is 0.338 e. The number of aliphatic hydroxyl groups excluding tert-OH is 2. The van der Waals surface area contributed by atoms with E-state index in [0.717, 1.165) is 0 Å². The van der Waals surface area contributed by atoms with Crippen LogP contribution in [0.4, 0.5) is 0 Å². The molecule has 0 amide bonds. The molecule has 0 radical (unpaired) electrons. The van der Waals surface area contributed by atoms with E-state index in [0.29, 0.717) is 5.57 Å². The SMILES string of the molecule is CC(=O)O[C@@]12COC1C[C@H](O)[C@@]1(C)C(=O)[C@H](C(=O)OC(C)C)C3=C(C)[C@@H](O)C[C@](O)([C@@H](OC(=O)c4ccccc4)C21)C3(C)C. The predicted octanol–water partition coefficient (Wildman–Crippen LogP) is 2.29. The summed E-state index contributed by atoms with van der Waals surface area (Å²) in [5.41, 5.74) is -6.56. The van der Waals surface area contributed by atoms with Gasteiger partial charge in [-0.1, -0.05) is 32.0 Å². The molecule has 4 aliphatic rings. The Labute approximate surface area is 256 Å². The molecule has 3 aliphatic carbocycles. The molecule has 1 aromatic rings. The lowest BCUT2D eigenvalue weighted by Crippen LogP contribution is -2.81. The van der Waals surface area contributed by atoms with E-state index in [1.807, 2.05) is 0 Å². The number of ether oxygens (including phenoxy) is 4. The van der Waals surface area contributed by atoms with Gasteiger partial charge in [-0.2, -0.15) is 0 Å². The quantitative estimate of drug-likeness (QED) is 0.193. The van der Waals surface area contributed by atoms with Gasteiger partial charge in [0.2, 0.25) is 0 Å². The zero-order chi connectivity index (χ0) is 32.6. The summed E-state index contributed by atoms with van der Waals surface area (Å²) in [7, 11) is 0. The van der Waals surface area contributed by atoms with Crippen LogP contribution in [0.2, 0.25) is 0 Å². The maximum absolute atomic E-state index is 15.1. The Balaban J connectivity index is 1.85. The van der Waals surface area contributed by atoms with Crippen LogP contribution in [0.5, 0.6) is 0 Å². The molecule has 3 N–H and O–H groups in total. The third-order valence-electron chi connectivity index (χ3n) is 10.6. The lowest BCUT2D eigenvalue weighted by atomic mass is 9.43. The molecule has 240 valence electrons. The normalized spacial score (nSPS) is 39.2. The Morgan fingerprint density at radius 1 is 1.07 bits per heavy atom. The molecule has 1 aliphatic heterocycles. The molecule has 0 aromatic heterocycles. The molecule has 1 aromatic carbocycles. The van der Waals surface area contributed by atoms with Gasteiger partial charge < -0.3 is 34.3 Å². The van der Waals surface area contributed by atoms with Crippen molar-refractivity contribution in [3.63, 3.8) is 0 Å². The van der Waals surface area contributed by atoms with Crippen molar-refractivity contribution < 1.29 is 53.4 Å². The van der Waals surface area contributed by atoms with Crippen LogP contribution >= 0.6 is 0 Å². The van der Waals surface area contributed by atoms with Gasteiger partial charge in [-0.05, 0) is 51.0 Å². The second kappa shape index (κ2) is 10.8. The van der Waals surface area contributed by atoms with Crippen LogP contribution in [-0.4, -0.2) is 87.3 Å². The first kappa shape index (κ1) is 32.3. The Morgan fingerprint density at radius 2 is 1.70 bits per heavy atom. The molecule has 11 heteroatoms. The Morgan fingerprint density at radius 3 is 2.25 bits per heavy atom. The molecular weight excluding hydrogens is 572 g/mol. The number of Topliss-reactive ketones (excluding diaryl/α,β-unsaturated/α-hetero) is 1. The van der Waals surface area contributed by atoms with Gasteiger partial charge in [0.05, 0.1) is 41.8 Å². The molecule has 2 unspecified atom stereocenters. The third-order valence-corrected chi connectivity index (χ3v) is 10.6. The fourth-order valence-electron chi connectivity index (χ4n) is 8.23. The average Bonchev–Trinajstić information content (AvgIpc) is 2.93. The number of carbonyl (C=O) groups excluding carboxylic acids is 4. The van der Waals surface area contributed by atoms with Crippen LogP contribution in [0.15, 0.2) is 41.5 Å². The van der Waals surface area contributed by atoms with Crippen molar-refractivity contribution in [1.82, 2.24) is 0 Å². The fraction of sp³-hybridized carbons (Fsp3) is 0.636. The van der Waals surface area contributed by atoms with E-state index in [9.17, 15) is 29.7 Å². The summed E-state index contributed by atoms with van der Waals surface area (Å²) >= 11 is 0. The van der Waals surface area contributed by atoms with E-state index in [-0.39, 0.29) is 30.6 Å². The minimum Gasteiger partial charge on any atom is -0.462 e. The summed E-state index contributed by atoms with van der Waals surface area (Å²) in [6.45, 7) is 10.5. The largest absolute Gasteiger partial charge is 0.462 e.